The van der Waals surface area contributed by atoms with E-state index in [0.717, 1.165) is 12.8 Å². The molecule has 0 saturated carbocycles. The minimum absolute atomic E-state index is 1.10. The van der Waals surface area contributed by atoms with Gasteiger partial charge in [0.25, 0.3) is 0 Å². The maximum Gasteiger partial charge on any atom is 0.113 e. The summed E-state index contributed by atoms with van der Waals surface area (Å²) in [5, 5.41) is 8.79. The summed E-state index contributed by atoms with van der Waals surface area (Å²) < 4.78 is 0. The summed E-state index contributed by atoms with van der Waals surface area (Å²) in [4.78, 5) is 0. The van der Waals surface area contributed by atoms with E-state index in [1.165, 1.54) is 43.8 Å². The summed E-state index contributed by atoms with van der Waals surface area (Å²) >= 11 is 0. The molecule has 0 nitrogen and oxygen atoms in total. The van der Waals surface area contributed by atoms with Gasteiger partial charge in [0, 0.05) is 0 Å². The van der Waals surface area contributed by atoms with Gasteiger partial charge in [0.05, 0.1) is 0 Å². The molecule has 0 N–H and O–H groups in total. The van der Waals surface area contributed by atoms with Gasteiger partial charge in [-0.2, -0.15) is 0 Å². The average molecular weight is 417 g/mol. The number of hydrogen-bond donors (Lipinski definition) is 0. The Morgan fingerprint density at radius 3 is 1.29 bits per heavy atom. The predicted octanol–water partition coefficient (Wildman–Crippen LogP) is 8.14. The predicted molar refractivity (Wildman–Crippen MR) is 138 cm³/mol. The van der Waals surface area contributed by atoms with Crippen LogP contribution < -0.4 is 0 Å². The molecule has 0 bridgehead atoms. The maximum absolute atomic E-state index is 2.58. The average Bonchev–Trinajstić information content (AvgIpc) is 3.24. The minimum Gasteiger partial charge on any atom is -0.0686 e. The van der Waals surface area contributed by atoms with Crippen molar-refractivity contribution in [3.8, 4) is 0 Å². The molecular formula is C30H28Si. The van der Waals surface area contributed by atoms with Crippen LogP contribution in [-0.2, 0) is 12.8 Å². The third-order valence-electron chi connectivity index (χ3n) is 7.50. The second-order valence-corrected chi connectivity index (χ2v) is 14.3. The zero-order valence-corrected chi connectivity index (χ0v) is 19.8. The van der Waals surface area contributed by atoms with E-state index < -0.39 is 8.07 Å². The van der Waals surface area contributed by atoms with E-state index in [2.05, 4.69) is 99.7 Å². The van der Waals surface area contributed by atoms with Crippen LogP contribution in [0.15, 0.2) is 83.9 Å². The molecule has 0 saturated heterocycles. The lowest BCUT2D eigenvalue weighted by atomic mass is 10.0. The van der Waals surface area contributed by atoms with Gasteiger partial charge < -0.3 is 0 Å². The van der Waals surface area contributed by atoms with Gasteiger partial charge in [-0.15, -0.1) is 0 Å². The van der Waals surface area contributed by atoms with Crippen LogP contribution >= 0.6 is 0 Å². The molecule has 0 aliphatic heterocycles. The number of hydrogen-bond acceptors (Lipinski definition) is 0. The first kappa shape index (κ1) is 18.8. The van der Waals surface area contributed by atoms with Crippen LogP contribution in [0.3, 0.4) is 0 Å². The zero-order valence-electron chi connectivity index (χ0n) is 18.8. The smallest absolute Gasteiger partial charge is 0.0686 e. The fourth-order valence-corrected chi connectivity index (χ4v) is 10.8. The van der Waals surface area contributed by atoms with E-state index in [1.807, 2.05) is 0 Å². The van der Waals surface area contributed by atoms with E-state index >= 15 is 0 Å². The third kappa shape index (κ3) is 2.73. The second kappa shape index (κ2) is 6.55. The highest BCUT2D eigenvalue weighted by Crippen LogP contribution is 2.49. The van der Waals surface area contributed by atoms with E-state index in [0.29, 0.717) is 0 Å². The highest BCUT2D eigenvalue weighted by atomic mass is 28.3. The Balaban J connectivity index is 1.54. The fraction of sp³-hybridized carbons (Fsp3) is 0.200. The highest BCUT2D eigenvalue weighted by Gasteiger charge is 2.40. The van der Waals surface area contributed by atoms with Crippen LogP contribution in [0.4, 0.5) is 0 Å². The van der Waals surface area contributed by atoms with Crippen molar-refractivity contribution in [2.75, 3.05) is 0 Å². The number of fused-ring (bicyclic) bond motifs is 4. The Morgan fingerprint density at radius 2 is 0.903 bits per heavy atom. The highest BCUT2D eigenvalue weighted by molar-refractivity contribution is 7.09. The van der Waals surface area contributed by atoms with Gasteiger partial charge in [-0.3, -0.25) is 0 Å². The maximum atomic E-state index is 2.58. The Labute approximate surface area is 185 Å². The zero-order chi connectivity index (χ0) is 21.3. The van der Waals surface area contributed by atoms with Crippen LogP contribution in [0.25, 0.3) is 31.9 Å². The molecule has 31 heavy (non-hydrogen) atoms. The van der Waals surface area contributed by atoms with Crippen molar-refractivity contribution in [1.82, 2.24) is 0 Å². The van der Waals surface area contributed by atoms with Crippen molar-refractivity contribution in [2.45, 2.75) is 39.8 Å². The fourth-order valence-electron chi connectivity index (χ4n) is 6.41. The van der Waals surface area contributed by atoms with Crippen LogP contribution in [0.2, 0.25) is 13.1 Å². The lowest BCUT2D eigenvalue weighted by Gasteiger charge is -2.30. The topological polar surface area (TPSA) is 0 Å². The molecule has 0 atom stereocenters. The first-order valence-electron chi connectivity index (χ1n) is 11.4. The van der Waals surface area contributed by atoms with Crippen molar-refractivity contribution >= 4 is 40.0 Å². The Kier molecular flexibility index (Phi) is 3.98. The Bertz CT molecular complexity index is 1350. The van der Waals surface area contributed by atoms with Crippen molar-refractivity contribution in [1.29, 1.82) is 0 Å². The van der Waals surface area contributed by atoms with E-state index in [-0.39, 0.29) is 0 Å². The third-order valence-corrected chi connectivity index (χ3v) is 11.4. The number of rotatable bonds is 2. The molecule has 4 aromatic carbocycles. The van der Waals surface area contributed by atoms with E-state index in [4.69, 9.17) is 0 Å². The molecule has 0 aromatic heterocycles. The summed E-state index contributed by atoms with van der Waals surface area (Å²) in [5.74, 6) is 0. The monoisotopic (exact) mass is 416 g/mol. The molecule has 0 unspecified atom stereocenters. The van der Waals surface area contributed by atoms with Crippen LogP contribution in [-0.4, -0.2) is 8.07 Å². The molecule has 0 heterocycles. The molecule has 2 aliphatic rings. The Hall–Kier alpha value is -2.90. The SMILES string of the molecule is CC1=C([Si](C)(C)C2=C(C)Cc3cc4ccccc4cc32)c2cc3ccccc3cc2C1. The van der Waals surface area contributed by atoms with Gasteiger partial charge in [-0.25, -0.2) is 0 Å². The van der Waals surface area contributed by atoms with Crippen molar-refractivity contribution in [3.05, 3.63) is 106 Å². The molecule has 4 aromatic rings. The van der Waals surface area contributed by atoms with Crippen molar-refractivity contribution in [3.63, 3.8) is 0 Å². The van der Waals surface area contributed by atoms with Gasteiger partial charge in [-0.1, -0.05) is 84.9 Å². The van der Waals surface area contributed by atoms with Gasteiger partial charge in [0.15, 0.2) is 0 Å². The molecule has 0 fully saturated rings. The lowest BCUT2D eigenvalue weighted by Crippen LogP contribution is -2.31. The summed E-state index contributed by atoms with van der Waals surface area (Å²) in [6, 6.07) is 27.4. The first-order valence-corrected chi connectivity index (χ1v) is 14.4. The number of allylic oxidation sites excluding steroid dienone is 2. The van der Waals surface area contributed by atoms with Crippen molar-refractivity contribution < 1.29 is 0 Å². The number of benzene rings is 4. The Morgan fingerprint density at radius 1 is 0.548 bits per heavy atom. The summed E-state index contributed by atoms with van der Waals surface area (Å²) in [6.07, 6.45) is 2.20. The molecule has 0 amide bonds. The van der Waals surface area contributed by atoms with Gasteiger partial charge in [-0.05, 0) is 93.0 Å². The standard InChI is InChI=1S/C30H28Si/c1-19-13-25-15-21-9-5-7-11-23(21)17-27(25)29(19)31(3,4)30-20(2)14-26-16-22-10-6-8-12-24(22)18-28(26)30/h5-12,15-18H,13-14H2,1-4H3. The summed E-state index contributed by atoms with van der Waals surface area (Å²) in [5.41, 5.74) is 9.22. The largest absolute Gasteiger partial charge is 0.113 e. The first-order chi connectivity index (χ1) is 14.9. The molecule has 0 spiro atoms. The van der Waals surface area contributed by atoms with Gasteiger partial charge in [0.1, 0.15) is 8.07 Å². The second-order valence-electron chi connectivity index (χ2n) is 10.0. The van der Waals surface area contributed by atoms with Crippen molar-refractivity contribution in [2.24, 2.45) is 0 Å². The molecule has 152 valence electrons. The normalized spacial score (nSPS) is 15.9. The minimum atomic E-state index is -1.88. The summed E-state index contributed by atoms with van der Waals surface area (Å²) in [6.45, 7) is 9.92. The molecule has 1 heteroatoms. The van der Waals surface area contributed by atoms with E-state index in [9.17, 15) is 0 Å². The molecule has 2 aliphatic carbocycles. The van der Waals surface area contributed by atoms with Crippen LogP contribution in [0.1, 0.15) is 36.1 Å². The van der Waals surface area contributed by atoms with Crippen LogP contribution in [0.5, 0.6) is 0 Å². The molecule has 6 rings (SSSR count). The molecule has 0 radical (unpaired) electrons. The quantitative estimate of drug-likeness (QED) is 0.289. The van der Waals surface area contributed by atoms with Gasteiger partial charge in [0.2, 0.25) is 0 Å². The lowest BCUT2D eigenvalue weighted by molar-refractivity contribution is 1.20. The summed E-state index contributed by atoms with van der Waals surface area (Å²) in [7, 11) is -1.88. The molecular weight excluding hydrogens is 388 g/mol. The van der Waals surface area contributed by atoms with Gasteiger partial charge >= 0.3 is 0 Å². The van der Waals surface area contributed by atoms with Crippen LogP contribution in [0, 0.1) is 0 Å². The van der Waals surface area contributed by atoms with E-state index in [1.54, 1.807) is 21.5 Å².